The maximum atomic E-state index is 10.7. The van der Waals surface area contributed by atoms with Crippen LogP contribution in [0.5, 0.6) is 5.75 Å². The van der Waals surface area contributed by atoms with Crippen LogP contribution in [0.3, 0.4) is 0 Å². The highest BCUT2D eigenvalue weighted by atomic mass is 16.5. The lowest BCUT2D eigenvalue weighted by molar-refractivity contribution is -0.0166. The summed E-state index contributed by atoms with van der Waals surface area (Å²) >= 11 is 0. The Labute approximate surface area is 163 Å². The molecule has 5 rings (SSSR count). The zero-order valence-corrected chi connectivity index (χ0v) is 16.0. The van der Waals surface area contributed by atoms with Gasteiger partial charge in [-0.1, -0.05) is 12.1 Å². The minimum Gasteiger partial charge on any atom is -0.487 e. The van der Waals surface area contributed by atoms with Crippen molar-refractivity contribution in [3.8, 4) is 5.75 Å². The molecule has 4 atom stereocenters. The van der Waals surface area contributed by atoms with Crippen LogP contribution >= 0.6 is 0 Å². The summed E-state index contributed by atoms with van der Waals surface area (Å²) in [5.41, 5.74) is 4.10. The number of fused-ring (bicyclic) bond motifs is 2. The molecule has 0 bridgehead atoms. The molecule has 28 heavy (non-hydrogen) atoms. The molecule has 1 aliphatic carbocycles. The van der Waals surface area contributed by atoms with E-state index >= 15 is 0 Å². The molecule has 1 saturated carbocycles. The van der Waals surface area contributed by atoms with Gasteiger partial charge >= 0.3 is 0 Å². The summed E-state index contributed by atoms with van der Waals surface area (Å²) in [7, 11) is 2.08. The van der Waals surface area contributed by atoms with Gasteiger partial charge < -0.3 is 19.5 Å². The Morgan fingerprint density at radius 2 is 1.96 bits per heavy atom. The van der Waals surface area contributed by atoms with Crippen LogP contribution in [0.4, 0.5) is 0 Å². The minimum absolute atomic E-state index is 0.300. The SMILES string of the molecule is Cc1ncnc2c1ccn2[C@@H]1C[C@H](Oc2cccc3c2CN(C)C3)[C@@H](O)[C@H]1O. The van der Waals surface area contributed by atoms with Gasteiger partial charge in [0.25, 0.3) is 0 Å². The van der Waals surface area contributed by atoms with Crippen LogP contribution in [0.1, 0.15) is 29.3 Å². The zero-order chi connectivity index (χ0) is 19.4. The van der Waals surface area contributed by atoms with E-state index in [-0.39, 0.29) is 6.04 Å². The van der Waals surface area contributed by atoms with Gasteiger partial charge in [0.1, 0.15) is 36.0 Å². The van der Waals surface area contributed by atoms with Crippen molar-refractivity contribution < 1.29 is 14.9 Å². The number of hydrogen-bond donors (Lipinski definition) is 2. The van der Waals surface area contributed by atoms with Crippen molar-refractivity contribution in [3.05, 3.63) is 53.6 Å². The average molecular weight is 380 g/mol. The maximum Gasteiger partial charge on any atom is 0.143 e. The first-order valence-electron chi connectivity index (χ1n) is 9.63. The number of hydrogen-bond acceptors (Lipinski definition) is 6. The normalized spacial score (nSPS) is 27.4. The van der Waals surface area contributed by atoms with Gasteiger partial charge in [0, 0.05) is 36.7 Å². The van der Waals surface area contributed by atoms with E-state index < -0.39 is 18.3 Å². The highest BCUT2D eigenvalue weighted by Crippen LogP contribution is 2.38. The van der Waals surface area contributed by atoms with E-state index in [4.69, 9.17) is 4.74 Å². The first-order chi connectivity index (χ1) is 13.5. The highest BCUT2D eigenvalue weighted by molar-refractivity contribution is 5.78. The number of nitrogens with zero attached hydrogens (tertiary/aromatic N) is 4. The molecule has 2 N–H and O–H groups in total. The molecule has 3 aromatic rings. The fourth-order valence-corrected chi connectivity index (χ4v) is 4.55. The first-order valence-corrected chi connectivity index (χ1v) is 9.63. The number of ether oxygens (including phenoxy) is 1. The fourth-order valence-electron chi connectivity index (χ4n) is 4.55. The molecule has 146 valence electrons. The van der Waals surface area contributed by atoms with Gasteiger partial charge in [-0.15, -0.1) is 0 Å². The topological polar surface area (TPSA) is 83.6 Å². The molecule has 2 aromatic heterocycles. The molecule has 0 unspecified atom stereocenters. The van der Waals surface area contributed by atoms with Crippen LogP contribution in [-0.2, 0) is 13.1 Å². The molecule has 0 radical (unpaired) electrons. The quantitative estimate of drug-likeness (QED) is 0.721. The zero-order valence-electron chi connectivity index (χ0n) is 16.0. The Hall–Kier alpha value is -2.48. The van der Waals surface area contributed by atoms with Crippen molar-refractivity contribution in [3.63, 3.8) is 0 Å². The summed E-state index contributed by atoms with van der Waals surface area (Å²) in [5.74, 6) is 0.800. The van der Waals surface area contributed by atoms with Crippen LogP contribution in [0.15, 0.2) is 36.8 Å². The molecule has 0 amide bonds. The Bertz CT molecular complexity index is 1030. The Balaban J connectivity index is 1.43. The lowest BCUT2D eigenvalue weighted by Gasteiger charge is -2.20. The van der Waals surface area contributed by atoms with Crippen molar-refractivity contribution >= 4 is 11.0 Å². The molecule has 1 aromatic carbocycles. The summed E-state index contributed by atoms with van der Waals surface area (Å²) in [6, 6.07) is 7.71. The third kappa shape index (κ3) is 2.70. The predicted octanol–water partition coefficient (Wildman–Crippen LogP) is 1.80. The number of aliphatic hydroxyl groups excluding tert-OH is 2. The monoisotopic (exact) mass is 380 g/mol. The Morgan fingerprint density at radius 1 is 1.11 bits per heavy atom. The van der Waals surface area contributed by atoms with Crippen LogP contribution in [-0.4, -0.2) is 55.0 Å². The standard InChI is InChI=1S/C21H24N4O3/c1-12-14-6-7-25(21(14)23-11-22-12)16-8-18(20(27)19(16)26)28-17-5-3-4-13-9-24(2)10-15(13)17/h3-7,11,16,18-20,26-27H,8-10H2,1-2H3/t16-,18+,19+,20-/m1/s1. The van der Waals surface area contributed by atoms with Gasteiger partial charge in [-0.25, -0.2) is 9.97 Å². The van der Waals surface area contributed by atoms with E-state index in [1.807, 2.05) is 35.9 Å². The molecule has 3 heterocycles. The van der Waals surface area contributed by atoms with E-state index in [2.05, 4.69) is 28.0 Å². The van der Waals surface area contributed by atoms with E-state index in [1.165, 1.54) is 17.5 Å². The number of aryl methyl sites for hydroxylation is 1. The van der Waals surface area contributed by atoms with Crippen LogP contribution in [0.2, 0.25) is 0 Å². The second-order valence-corrected chi connectivity index (χ2v) is 7.93. The molecular formula is C21H24N4O3. The van der Waals surface area contributed by atoms with E-state index in [0.29, 0.717) is 6.42 Å². The van der Waals surface area contributed by atoms with E-state index in [1.54, 1.807) is 0 Å². The van der Waals surface area contributed by atoms with Gasteiger partial charge in [0.15, 0.2) is 0 Å². The molecule has 1 fully saturated rings. The summed E-state index contributed by atoms with van der Waals surface area (Å²) in [5, 5.41) is 22.4. The van der Waals surface area contributed by atoms with Crippen LogP contribution in [0.25, 0.3) is 11.0 Å². The van der Waals surface area contributed by atoms with Crippen molar-refractivity contribution in [1.29, 1.82) is 0 Å². The van der Waals surface area contributed by atoms with E-state index in [9.17, 15) is 10.2 Å². The first kappa shape index (κ1) is 17.6. The predicted molar refractivity (Wildman–Crippen MR) is 104 cm³/mol. The number of benzene rings is 1. The second kappa shape index (κ2) is 6.55. The minimum atomic E-state index is -0.958. The smallest absolute Gasteiger partial charge is 0.143 e. The summed E-state index contributed by atoms with van der Waals surface area (Å²) in [4.78, 5) is 10.8. The third-order valence-electron chi connectivity index (χ3n) is 6.04. The average Bonchev–Trinajstić information content (AvgIpc) is 3.34. The lowest BCUT2D eigenvalue weighted by atomic mass is 10.1. The van der Waals surface area contributed by atoms with Gasteiger partial charge in [0.2, 0.25) is 0 Å². The largest absolute Gasteiger partial charge is 0.487 e. The van der Waals surface area contributed by atoms with Crippen molar-refractivity contribution in [1.82, 2.24) is 19.4 Å². The van der Waals surface area contributed by atoms with Crippen molar-refractivity contribution in [2.24, 2.45) is 0 Å². The lowest BCUT2D eigenvalue weighted by Crippen LogP contribution is -2.34. The van der Waals surface area contributed by atoms with Gasteiger partial charge in [-0.05, 0) is 31.7 Å². The number of aromatic nitrogens is 3. The molecule has 7 heteroatoms. The summed E-state index contributed by atoms with van der Waals surface area (Å²) in [6.45, 7) is 3.67. The molecular weight excluding hydrogens is 356 g/mol. The van der Waals surface area contributed by atoms with Gasteiger partial charge in [-0.3, -0.25) is 4.90 Å². The highest BCUT2D eigenvalue weighted by Gasteiger charge is 2.44. The summed E-state index contributed by atoms with van der Waals surface area (Å²) < 4.78 is 8.17. The second-order valence-electron chi connectivity index (χ2n) is 7.93. The van der Waals surface area contributed by atoms with Gasteiger partial charge in [0.05, 0.1) is 11.7 Å². The van der Waals surface area contributed by atoms with Crippen molar-refractivity contribution in [2.45, 2.75) is 50.8 Å². The van der Waals surface area contributed by atoms with Crippen LogP contribution in [0, 0.1) is 6.92 Å². The molecule has 0 spiro atoms. The van der Waals surface area contributed by atoms with Crippen LogP contribution < -0.4 is 4.74 Å². The molecule has 7 nitrogen and oxygen atoms in total. The van der Waals surface area contributed by atoms with E-state index in [0.717, 1.165) is 35.6 Å². The molecule has 2 aliphatic rings. The van der Waals surface area contributed by atoms with Crippen molar-refractivity contribution in [2.75, 3.05) is 7.05 Å². The fraction of sp³-hybridized carbons (Fsp3) is 0.429. The number of aliphatic hydroxyl groups is 2. The third-order valence-corrected chi connectivity index (χ3v) is 6.04. The molecule has 1 aliphatic heterocycles. The summed E-state index contributed by atoms with van der Waals surface area (Å²) in [6.07, 6.45) is 1.59. The Kier molecular flexibility index (Phi) is 4.12. The maximum absolute atomic E-state index is 10.7. The Morgan fingerprint density at radius 3 is 2.82 bits per heavy atom. The molecule has 0 saturated heterocycles. The van der Waals surface area contributed by atoms with Gasteiger partial charge in [-0.2, -0.15) is 0 Å². The number of rotatable bonds is 3.